The van der Waals surface area contributed by atoms with E-state index in [4.69, 9.17) is 0 Å². The number of carbonyl (C=O) groups excluding carboxylic acids is 1. The molecule has 0 heterocycles. The molecular formula is C20H27N2O+. The Hall–Kier alpha value is -2.13. The molecule has 0 fully saturated rings. The lowest BCUT2D eigenvalue weighted by Gasteiger charge is -2.09. The van der Waals surface area contributed by atoms with Crippen LogP contribution in [0.2, 0.25) is 0 Å². The van der Waals surface area contributed by atoms with Crippen LogP contribution in [0.25, 0.3) is 0 Å². The SMILES string of the molecule is CC(C)c1ccc(C(=O)NCc2ccc(C[NH+](C)C)cc2)cc1. The quantitative estimate of drug-likeness (QED) is 0.844. The molecule has 23 heavy (non-hydrogen) atoms. The minimum absolute atomic E-state index is 0.0258. The number of hydrogen-bond donors (Lipinski definition) is 2. The Bertz CT molecular complexity index is 628. The molecule has 3 heteroatoms. The van der Waals surface area contributed by atoms with Crippen LogP contribution in [-0.4, -0.2) is 20.0 Å². The van der Waals surface area contributed by atoms with Crippen LogP contribution in [-0.2, 0) is 13.1 Å². The van der Waals surface area contributed by atoms with Crippen molar-refractivity contribution in [1.29, 1.82) is 0 Å². The second-order valence-corrected chi connectivity index (χ2v) is 6.66. The molecule has 2 aromatic rings. The van der Waals surface area contributed by atoms with E-state index >= 15 is 0 Å². The summed E-state index contributed by atoms with van der Waals surface area (Å²) in [6.07, 6.45) is 0. The number of nitrogens with one attached hydrogen (secondary N) is 2. The van der Waals surface area contributed by atoms with Gasteiger partial charge in [-0.2, -0.15) is 0 Å². The van der Waals surface area contributed by atoms with E-state index < -0.39 is 0 Å². The van der Waals surface area contributed by atoms with Crippen LogP contribution < -0.4 is 10.2 Å². The molecule has 0 aromatic heterocycles. The molecule has 0 bridgehead atoms. The van der Waals surface area contributed by atoms with Crippen LogP contribution in [0, 0.1) is 0 Å². The fourth-order valence-electron chi connectivity index (χ4n) is 2.49. The van der Waals surface area contributed by atoms with Gasteiger partial charge < -0.3 is 10.2 Å². The lowest BCUT2D eigenvalue weighted by molar-refractivity contribution is -0.872. The number of rotatable bonds is 6. The molecule has 122 valence electrons. The van der Waals surface area contributed by atoms with E-state index in [0.717, 1.165) is 12.1 Å². The number of carbonyl (C=O) groups is 1. The maximum Gasteiger partial charge on any atom is 0.251 e. The normalized spacial score (nSPS) is 11.0. The first-order chi connectivity index (χ1) is 11.0. The van der Waals surface area contributed by atoms with Crippen molar-refractivity contribution in [2.45, 2.75) is 32.9 Å². The average Bonchev–Trinajstić information content (AvgIpc) is 2.53. The summed E-state index contributed by atoms with van der Waals surface area (Å²) in [5.74, 6) is 0.455. The highest BCUT2D eigenvalue weighted by atomic mass is 16.1. The van der Waals surface area contributed by atoms with Gasteiger partial charge in [-0.25, -0.2) is 0 Å². The Morgan fingerprint density at radius 2 is 1.52 bits per heavy atom. The fraction of sp³-hybridized carbons (Fsp3) is 0.350. The van der Waals surface area contributed by atoms with E-state index in [2.05, 4.69) is 57.5 Å². The van der Waals surface area contributed by atoms with Crippen LogP contribution in [0.5, 0.6) is 0 Å². The van der Waals surface area contributed by atoms with E-state index in [9.17, 15) is 4.79 Å². The topological polar surface area (TPSA) is 33.5 Å². The minimum atomic E-state index is -0.0258. The van der Waals surface area contributed by atoms with Gasteiger partial charge in [0.2, 0.25) is 0 Å². The van der Waals surface area contributed by atoms with Crippen molar-refractivity contribution in [2.24, 2.45) is 0 Å². The summed E-state index contributed by atoms with van der Waals surface area (Å²) in [6.45, 7) is 5.86. The van der Waals surface area contributed by atoms with Crippen molar-refractivity contribution < 1.29 is 9.69 Å². The Kier molecular flexibility index (Phi) is 5.94. The van der Waals surface area contributed by atoms with Crippen LogP contribution in [0.3, 0.4) is 0 Å². The first-order valence-corrected chi connectivity index (χ1v) is 8.20. The Morgan fingerprint density at radius 1 is 0.957 bits per heavy atom. The summed E-state index contributed by atoms with van der Waals surface area (Å²) in [5.41, 5.74) is 4.39. The van der Waals surface area contributed by atoms with Crippen molar-refractivity contribution in [3.05, 3.63) is 70.8 Å². The summed E-state index contributed by atoms with van der Waals surface area (Å²) < 4.78 is 0. The van der Waals surface area contributed by atoms with Crippen LogP contribution >= 0.6 is 0 Å². The van der Waals surface area contributed by atoms with Gasteiger partial charge in [-0.1, -0.05) is 50.2 Å². The molecule has 2 aromatic carbocycles. The van der Waals surface area contributed by atoms with Gasteiger partial charge in [-0.3, -0.25) is 4.79 Å². The van der Waals surface area contributed by atoms with E-state index in [1.165, 1.54) is 16.0 Å². The zero-order chi connectivity index (χ0) is 16.8. The van der Waals surface area contributed by atoms with Gasteiger partial charge in [-0.15, -0.1) is 0 Å². The zero-order valence-electron chi connectivity index (χ0n) is 14.5. The molecule has 3 nitrogen and oxygen atoms in total. The standard InChI is InChI=1S/C20H26N2O/c1-15(2)18-9-11-19(12-10-18)20(23)21-13-16-5-7-17(8-6-16)14-22(3)4/h5-12,15H,13-14H2,1-4H3,(H,21,23)/p+1. The summed E-state index contributed by atoms with van der Waals surface area (Å²) >= 11 is 0. The highest BCUT2D eigenvalue weighted by Gasteiger charge is 2.06. The molecule has 0 aliphatic heterocycles. The van der Waals surface area contributed by atoms with Gasteiger partial charge in [-0.05, 0) is 29.2 Å². The molecule has 0 radical (unpaired) electrons. The van der Waals surface area contributed by atoms with E-state index in [1.807, 2.05) is 24.3 Å². The van der Waals surface area contributed by atoms with Crippen LogP contribution in [0.1, 0.15) is 46.8 Å². The van der Waals surface area contributed by atoms with Gasteiger partial charge in [0.1, 0.15) is 6.54 Å². The summed E-state index contributed by atoms with van der Waals surface area (Å²) in [5, 5.41) is 2.98. The number of quaternary nitrogens is 1. The van der Waals surface area contributed by atoms with E-state index in [1.54, 1.807) is 0 Å². The smallest absolute Gasteiger partial charge is 0.251 e. The molecule has 2 rings (SSSR count). The molecule has 0 saturated carbocycles. The molecule has 0 aliphatic carbocycles. The van der Waals surface area contributed by atoms with Gasteiger partial charge in [0, 0.05) is 17.7 Å². The van der Waals surface area contributed by atoms with Gasteiger partial charge in [0.15, 0.2) is 0 Å². The number of amides is 1. The molecular weight excluding hydrogens is 284 g/mol. The second-order valence-electron chi connectivity index (χ2n) is 6.66. The highest BCUT2D eigenvalue weighted by Crippen LogP contribution is 2.14. The molecule has 0 aliphatic rings. The van der Waals surface area contributed by atoms with Crippen molar-refractivity contribution in [2.75, 3.05) is 14.1 Å². The Morgan fingerprint density at radius 3 is 2.04 bits per heavy atom. The van der Waals surface area contributed by atoms with E-state index in [-0.39, 0.29) is 5.91 Å². The molecule has 1 amide bonds. The third-order valence-electron chi connectivity index (χ3n) is 3.87. The Balaban J connectivity index is 1.91. The predicted molar refractivity (Wildman–Crippen MR) is 94.7 cm³/mol. The van der Waals surface area contributed by atoms with Crippen LogP contribution in [0.15, 0.2) is 48.5 Å². The largest absolute Gasteiger partial charge is 0.348 e. The lowest BCUT2D eigenvalue weighted by atomic mass is 10.0. The molecule has 0 saturated heterocycles. The third kappa shape index (κ3) is 5.22. The first kappa shape index (κ1) is 17.2. The van der Waals surface area contributed by atoms with E-state index in [0.29, 0.717) is 18.0 Å². The van der Waals surface area contributed by atoms with Crippen molar-refractivity contribution in [1.82, 2.24) is 5.32 Å². The maximum atomic E-state index is 12.2. The fourth-order valence-corrected chi connectivity index (χ4v) is 2.49. The molecule has 0 unspecified atom stereocenters. The third-order valence-corrected chi connectivity index (χ3v) is 3.87. The summed E-state index contributed by atoms with van der Waals surface area (Å²) in [4.78, 5) is 13.6. The second kappa shape index (κ2) is 7.93. The minimum Gasteiger partial charge on any atom is -0.348 e. The first-order valence-electron chi connectivity index (χ1n) is 8.20. The van der Waals surface area contributed by atoms with Crippen LogP contribution in [0.4, 0.5) is 0 Å². The highest BCUT2D eigenvalue weighted by molar-refractivity contribution is 5.94. The summed E-state index contributed by atoms with van der Waals surface area (Å²) in [6, 6.07) is 16.3. The lowest BCUT2D eigenvalue weighted by Crippen LogP contribution is -3.04. The van der Waals surface area contributed by atoms with Gasteiger partial charge >= 0.3 is 0 Å². The van der Waals surface area contributed by atoms with Crippen molar-refractivity contribution in [3.8, 4) is 0 Å². The monoisotopic (exact) mass is 311 g/mol. The molecule has 0 spiro atoms. The van der Waals surface area contributed by atoms with Crippen molar-refractivity contribution in [3.63, 3.8) is 0 Å². The number of benzene rings is 2. The maximum absolute atomic E-state index is 12.2. The Labute approximate surface area is 139 Å². The summed E-state index contributed by atoms with van der Waals surface area (Å²) in [7, 11) is 4.28. The average molecular weight is 311 g/mol. The molecule has 2 N–H and O–H groups in total. The zero-order valence-corrected chi connectivity index (χ0v) is 14.5. The van der Waals surface area contributed by atoms with Gasteiger partial charge in [0.05, 0.1) is 14.1 Å². The molecule has 0 atom stereocenters. The predicted octanol–water partition coefficient (Wildman–Crippen LogP) is 2.38. The van der Waals surface area contributed by atoms with Crippen molar-refractivity contribution >= 4 is 5.91 Å². The van der Waals surface area contributed by atoms with Gasteiger partial charge in [0.25, 0.3) is 5.91 Å². The number of hydrogen-bond acceptors (Lipinski definition) is 1.